The van der Waals surface area contributed by atoms with E-state index in [9.17, 15) is 5.11 Å². The summed E-state index contributed by atoms with van der Waals surface area (Å²) in [5.41, 5.74) is 4.85. The molecule has 0 amide bonds. The Morgan fingerprint density at radius 2 is 1.34 bits per heavy atom. The van der Waals surface area contributed by atoms with Gasteiger partial charge in [-0.25, -0.2) is 5.43 Å². The summed E-state index contributed by atoms with van der Waals surface area (Å²) in [4.78, 5) is 13.2. The van der Waals surface area contributed by atoms with Gasteiger partial charge in [-0.3, -0.25) is 0 Å². The topological polar surface area (TPSA) is 107 Å². The summed E-state index contributed by atoms with van der Waals surface area (Å²) in [5.74, 6) is 0.786. The van der Waals surface area contributed by atoms with Crippen LogP contribution < -0.4 is 16.1 Å². The Morgan fingerprint density at radius 3 is 1.91 bits per heavy atom. The lowest BCUT2D eigenvalue weighted by molar-refractivity contribution is 0.474. The van der Waals surface area contributed by atoms with Crippen LogP contribution in [0.15, 0.2) is 82.4 Å². The van der Waals surface area contributed by atoms with Gasteiger partial charge in [-0.2, -0.15) is 20.1 Å². The second kappa shape index (κ2) is 10.1. The second-order valence-corrected chi connectivity index (χ2v) is 7.81. The van der Waals surface area contributed by atoms with E-state index < -0.39 is 0 Å². The minimum Gasteiger partial charge on any atom is -0.506 e. The van der Waals surface area contributed by atoms with Gasteiger partial charge in [0.05, 0.1) is 11.2 Å². The summed E-state index contributed by atoms with van der Waals surface area (Å²) in [6, 6.07) is 22.4. The molecule has 0 aliphatic rings. The molecule has 3 aromatic carbocycles. The van der Waals surface area contributed by atoms with Gasteiger partial charge >= 0.3 is 0 Å². The Hall–Kier alpha value is -3.69. The van der Waals surface area contributed by atoms with Crippen molar-refractivity contribution in [1.82, 2.24) is 15.0 Å². The molecule has 0 aliphatic heterocycles. The highest BCUT2D eigenvalue weighted by Gasteiger charge is 2.09. The van der Waals surface area contributed by atoms with Gasteiger partial charge in [0, 0.05) is 21.4 Å². The van der Waals surface area contributed by atoms with E-state index in [4.69, 9.17) is 11.6 Å². The zero-order chi connectivity index (χ0) is 22.3. The minimum absolute atomic E-state index is 0.0751. The molecule has 8 nitrogen and oxygen atoms in total. The molecule has 4 aromatic rings. The van der Waals surface area contributed by atoms with Crippen molar-refractivity contribution in [2.75, 3.05) is 16.1 Å². The summed E-state index contributed by atoms with van der Waals surface area (Å²) in [7, 11) is 0. The number of nitrogens with one attached hydrogen (secondary N) is 3. The van der Waals surface area contributed by atoms with Crippen molar-refractivity contribution in [2.45, 2.75) is 0 Å². The van der Waals surface area contributed by atoms with Crippen molar-refractivity contribution in [3.8, 4) is 5.75 Å². The van der Waals surface area contributed by atoms with Gasteiger partial charge in [0.25, 0.3) is 0 Å². The molecule has 0 atom stereocenters. The number of hydrogen-bond acceptors (Lipinski definition) is 8. The Balaban J connectivity index is 1.59. The third-order valence-electron chi connectivity index (χ3n) is 4.12. The molecular formula is C22H17BrClN7O. The van der Waals surface area contributed by atoms with Crippen LogP contribution in [0.2, 0.25) is 5.02 Å². The smallest absolute Gasteiger partial charge is 0.250 e. The molecule has 32 heavy (non-hydrogen) atoms. The van der Waals surface area contributed by atoms with E-state index in [-0.39, 0.29) is 16.7 Å². The maximum absolute atomic E-state index is 10.1. The average Bonchev–Trinajstić information content (AvgIpc) is 2.78. The van der Waals surface area contributed by atoms with E-state index in [0.717, 1.165) is 11.4 Å². The number of hydrogen-bond donors (Lipinski definition) is 4. The van der Waals surface area contributed by atoms with Gasteiger partial charge in [-0.1, -0.05) is 63.9 Å². The molecule has 4 N–H and O–H groups in total. The fourth-order valence-corrected chi connectivity index (χ4v) is 3.52. The van der Waals surface area contributed by atoms with Gasteiger partial charge in [-0.15, -0.1) is 0 Å². The van der Waals surface area contributed by atoms with Gasteiger partial charge in [0.1, 0.15) is 5.75 Å². The number of halogens is 2. The number of para-hydroxylation sites is 2. The number of benzene rings is 3. The predicted molar refractivity (Wildman–Crippen MR) is 131 cm³/mol. The maximum Gasteiger partial charge on any atom is 0.250 e. The van der Waals surface area contributed by atoms with Crippen LogP contribution in [-0.4, -0.2) is 26.3 Å². The molecule has 4 rings (SSSR count). The van der Waals surface area contributed by atoms with Crippen LogP contribution in [0.1, 0.15) is 5.56 Å². The lowest BCUT2D eigenvalue weighted by Gasteiger charge is -2.10. The third-order valence-corrected chi connectivity index (χ3v) is 4.87. The highest BCUT2D eigenvalue weighted by molar-refractivity contribution is 9.10. The van der Waals surface area contributed by atoms with Crippen molar-refractivity contribution in [2.24, 2.45) is 5.10 Å². The van der Waals surface area contributed by atoms with Gasteiger partial charge in [0.2, 0.25) is 17.8 Å². The van der Waals surface area contributed by atoms with Gasteiger partial charge in [0.15, 0.2) is 0 Å². The van der Waals surface area contributed by atoms with Crippen molar-refractivity contribution >= 4 is 63.0 Å². The molecular weight excluding hydrogens is 494 g/mol. The zero-order valence-electron chi connectivity index (χ0n) is 16.5. The summed E-state index contributed by atoms with van der Waals surface area (Å²) in [5, 5.41) is 20.7. The fraction of sp³-hybridized carbons (Fsp3) is 0. The van der Waals surface area contributed by atoms with Crippen LogP contribution in [0.25, 0.3) is 0 Å². The van der Waals surface area contributed by atoms with E-state index in [1.807, 2.05) is 60.7 Å². The van der Waals surface area contributed by atoms with Crippen molar-refractivity contribution in [3.05, 3.63) is 87.9 Å². The monoisotopic (exact) mass is 509 g/mol. The van der Waals surface area contributed by atoms with Crippen LogP contribution in [0.4, 0.5) is 29.2 Å². The number of anilines is 5. The normalized spacial score (nSPS) is 10.8. The molecule has 0 spiro atoms. The van der Waals surface area contributed by atoms with E-state index in [2.05, 4.69) is 52.0 Å². The predicted octanol–water partition coefficient (Wildman–Crippen LogP) is 5.93. The number of nitrogens with zero attached hydrogens (tertiary/aromatic N) is 4. The van der Waals surface area contributed by atoms with E-state index in [1.165, 1.54) is 6.21 Å². The Kier molecular flexibility index (Phi) is 6.78. The standard InChI is InChI=1S/C22H17BrClN7O/c23-15-11-14(19(32)18(24)12-15)13-25-31-22-29-20(26-16-7-3-1-4-8-16)28-21(30-22)27-17-9-5-2-6-10-17/h1-13,32H,(H3,26,27,28,29,30,31)/b25-13-. The average molecular weight is 511 g/mol. The number of aromatic hydroxyl groups is 1. The zero-order valence-corrected chi connectivity index (χ0v) is 18.8. The van der Waals surface area contributed by atoms with E-state index >= 15 is 0 Å². The molecule has 0 unspecified atom stereocenters. The van der Waals surface area contributed by atoms with Crippen LogP contribution in [0.3, 0.4) is 0 Å². The van der Waals surface area contributed by atoms with Crippen LogP contribution >= 0.6 is 27.5 Å². The number of hydrazone groups is 1. The first-order valence-electron chi connectivity index (χ1n) is 9.44. The molecule has 0 saturated carbocycles. The summed E-state index contributed by atoms with van der Waals surface area (Å²) in [6.07, 6.45) is 1.42. The summed E-state index contributed by atoms with van der Waals surface area (Å²) < 4.78 is 0.714. The number of phenols is 1. The fourth-order valence-electron chi connectivity index (χ4n) is 2.68. The maximum atomic E-state index is 10.1. The Bertz CT molecular complexity index is 1180. The van der Waals surface area contributed by atoms with E-state index in [0.29, 0.717) is 21.9 Å². The minimum atomic E-state index is -0.0751. The molecule has 0 saturated heterocycles. The number of phenolic OH excluding ortho intramolecular Hbond substituents is 1. The highest BCUT2D eigenvalue weighted by atomic mass is 79.9. The Morgan fingerprint density at radius 1 is 0.812 bits per heavy atom. The molecule has 160 valence electrons. The SMILES string of the molecule is Oc1c(Cl)cc(Br)cc1/C=N\Nc1nc(Nc2ccccc2)nc(Nc2ccccc2)n1. The van der Waals surface area contributed by atoms with Gasteiger partial charge < -0.3 is 15.7 Å². The lowest BCUT2D eigenvalue weighted by atomic mass is 10.2. The quantitative estimate of drug-likeness (QED) is 0.180. The molecule has 0 radical (unpaired) electrons. The van der Waals surface area contributed by atoms with Crippen molar-refractivity contribution in [3.63, 3.8) is 0 Å². The largest absolute Gasteiger partial charge is 0.506 e. The summed E-state index contributed by atoms with van der Waals surface area (Å²) in [6.45, 7) is 0. The van der Waals surface area contributed by atoms with Crippen LogP contribution in [-0.2, 0) is 0 Å². The highest BCUT2D eigenvalue weighted by Crippen LogP contribution is 2.30. The first-order valence-corrected chi connectivity index (χ1v) is 10.6. The molecule has 1 heterocycles. The first kappa shape index (κ1) is 21.5. The number of aromatic nitrogens is 3. The van der Waals surface area contributed by atoms with E-state index in [1.54, 1.807) is 12.1 Å². The Labute approximate surface area is 197 Å². The molecule has 10 heteroatoms. The molecule has 0 bridgehead atoms. The van der Waals surface area contributed by atoms with Crippen LogP contribution in [0, 0.1) is 0 Å². The van der Waals surface area contributed by atoms with Crippen molar-refractivity contribution in [1.29, 1.82) is 0 Å². The van der Waals surface area contributed by atoms with Crippen LogP contribution in [0.5, 0.6) is 5.75 Å². The lowest BCUT2D eigenvalue weighted by Crippen LogP contribution is -2.07. The second-order valence-electron chi connectivity index (χ2n) is 6.48. The van der Waals surface area contributed by atoms with Crippen molar-refractivity contribution < 1.29 is 5.11 Å². The summed E-state index contributed by atoms with van der Waals surface area (Å²) >= 11 is 9.34. The molecule has 1 aromatic heterocycles. The molecule has 0 fully saturated rings. The van der Waals surface area contributed by atoms with Gasteiger partial charge in [-0.05, 0) is 36.4 Å². The molecule has 0 aliphatic carbocycles. The first-order chi connectivity index (χ1) is 15.6. The number of rotatable bonds is 7. The third kappa shape index (κ3) is 5.71.